The molecule has 8 heteroatoms. The molecule has 0 saturated carbocycles. The van der Waals surface area contributed by atoms with Gasteiger partial charge < -0.3 is 4.90 Å². The van der Waals surface area contributed by atoms with Gasteiger partial charge in [0.2, 0.25) is 5.91 Å². The Hall–Kier alpha value is -3.06. The first-order valence-corrected chi connectivity index (χ1v) is 13.1. The standard InChI is InChI=1S/C30H29Cl2FN2O3/c1-18-19(11-8-14-26(18)33)28-22(29(37)20-9-4-6-12-24(20)31)15-35(17-27(36)34(2)3)16-23(28)30(38)21-10-5-7-13-25(21)32/h4-14,22-23,28H,15-17H2,1-3H3. The zero-order valence-electron chi connectivity index (χ0n) is 21.5. The Morgan fingerprint density at radius 1 is 0.842 bits per heavy atom. The summed E-state index contributed by atoms with van der Waals surface area (Å²) in [4.78, 5) is 44.2. The molecule has 1 heterocycles. The number of carbonyl (C=O) groups excluding carboxylic acids is 3. The smallest absolute Gasteiger partial charge is 0.236 e. The Bertz CT molecular complexity index is 1310. The lowest BCUT2D eigenvalue weighted by molar-refractivity contribution is -0.130. The van der Waals surface area contributed by atoms with Crippen LogP contribution in [0.25, 0.3) is 0 Å². The minimum atomic E-state index is -0.768. The normalized spacial score (nSPS) is 19.7. The highest BCUT2D eigenvalue weighted by Crippen LogP contribution is 2.43. The minimum Gasteiger partial charge on any atom is -0.348 e. The fourth-order valence-corrected chi connectivity index (χ4v) is 5.69. The van der Waals surface area contributed by atoms with Crippen molar-refractivity contribution in [1.29, 1.82) is 0 Å². The molecule has 0 aliphatic carbocycles. The minimum absolute atomic E-state index is 0.0282. The van der Waals surface area contributed by atoms with Crippen LogP contribution in [0.5, 0.6) is 0 Å². The molecule has 0 radical (unpaired) electrons. The van der Waals surface area contributed by atoms with Crippen molar-refractivity contribution in [3.05, 3.63) is 105 Å². The summed E-state index contributed by atoms with van der Waals surface area (Å²) in [5.41, 5.74) is 1.61. The topological polar surface area (TPSA) is 57.7 Å². The third-order valence-corrected chi connectivity index (χ3v) is 7.91. The molecule has 2 unspecified atom stereocenters. The molecule has 0 N–H and O–H groups in total. The summed E-state index contributed by atoms with van der Waals surface area (Å²) < 4.78 is 14.8. The van der Waals surface area contributed by atoms with E-state index >= 15 is 0 Å². The molecule has 4 rings (SSSR count). The monoisotopic (exact) mass is 554 g/mol. The van der Waals surface area contributed by atoms with Crippen LogP contribution in [0.2, 0.25) is 10.0 Å². The van der Waals surface area contributed by atoms with E-state index in [4.69, 9.17) is 23.2 Å². The van der Waals surface area contributed by atoms with Crippen LogP contribution in [-0.2, 0) is 4.79 Å². The highest BCUT2D eigenvalue weighted by molar-refractivity contribution is 6.34. The van der Waals surface area contributed by atoms with Crippen LogP contribution < -0.4 is 0 Å². The Balaban J connectivity index is 1.89. The average molecular weight is 555 g/mol. The molecular formula is C30H29Cl2FN2O3. The first-order chi connectivity index (χ1) is 18.1. The van der Waals surface area contributed by atoms with Crippen molar-refractivity contribution in [2.45, 2.75) is 12.8 Å². The molecule has 0 aromatic heterocycles. The second-order valence-corrected chi connectivity index (χ2v) is 10.7. The number of likely N-dealkylation sites (tertiary alicyclic amines) is 1. The summed E-state index contributed by atoms with van der Waals surface area (Å²) in [6.07, 6.45) is 0. The quantitative estimate of drug-likeness (QED) is 0.340. The molecule has 1 amide bonds. The number of likely N-dealkylation sites (N-methyl/N-ethyl adjacent to an activating group) is 1. The van der Waals surface area contributed by atoms with Crippen molar-refractivity contribution in [2.24, 2.45) is 11.8 Å². The number of hydrogen-bond donors (Lipinski definition) is 0. The van der Waals surface area contributed by atoms with Gasteiger partial charge in [-0.2, -0.15) is 0 Å². The Morgan fingerprint density at radius 2 is 1.34 bits per heavy atom. The van der Waals surface area contributed by atoms with Crippen molar-refractivity contribution in [3.8, 4) is 0 Å². The Kier molecular flexibility index (Phi) is 8.66. The van der Waals surface area contributed by atoms with Crippen LogP contribution in [0.1, 0.15) is 37.8 Å². The number of halogens is 3. The summed E-state index contributed by atoms with van der Waals surface area (Å²) >= 11 is 12.9. The number of rotatable bonds is 7. The molecule has 38 heavy (non-hydrogen) atoms. The third-order valence-electron chi connectivity index (χ3n) is 7.26. The summed E-state index contributed by atoms with van der Waals surface area (Å²) in [5.74, 6) is -3.29. The van der Waals surface area contributed by atoms with Gasteiger partial charge in [0.1, 0.15) is 5.82 Å². The molecule has 0 bridgehead atoms. The molecule has 3 aromatic rings. The van der Waals surface area contributed by atoms with Crippen LogP contribution in [-0.4, -0.2) is 61.0 Å². The Labute approximate surface area is 232 Å². The van der Waals surface area contributed by atoms with Crippen LogP contribution in [0.3, 0.4) is 0 Å². The van der Waals surface area contributed by atoms with E-state index in [1.807, 2.05) is 4.90 Å². The number of ketones is 2. The first-order valence-electron chi connectivity index (χ1n) is 12.3. The summed E-state index contributed by atoms with van der Waals surface area (Å²) in [5, 5.41) is 0.588. The molecular weight excluding hydrogens is 526 g/mol. The highest BCUT2D eigenvalue weighted by Gasteiger charge is 2.46. The van der Waals surface area contributed by atoms with Gasteiger partial charge in [-0.15, -0.1) is 0 Å². The lowest BCUT2D eigenvalue weighted by atomic mass is 9.67. The third kappa shape index (κ3) is 5.68. The lowest BCUT2D eigenvalue weighted by Crippen LogP contribution is -2.52. The van der Waals surface area contributed by atoms with E-state index in [1.165, 1.54) is 11.0 Å². The number of nitrogens with zero attached hydrogens (tertiary/aromatic N) is 2. The predicted octanol–water partition coefficient (Wildman–Crippen LogP) is 5.93. The molecule has 5 nitrogen and oxygen atoms in total. The molecule has 198 valence electrons. The van der Waals surface area contributed by atoms with E-state index in [1.54, 1.807) is 81.7 Å². The number of carbonyl (C=O) groups is 3. The predicted molar refractivity (Wildman–Crippen MR) is 148 cm³/mol. The zero-order valence-corrected chi connectivity index (χ0v) is 23.0. The van der Waals surface area contributed by atoms with E-state index in [0.29, 0.717) is 32.3 Å². The summed E-state index contributed by atoms with van der Waals surface area (Å²) in [6, 6.07) is 18.2. The van der Waals surface area contributed by atoms with Crippen molar-refractivity contribution in [3.63, 3.8) is 0 Å². The second kappa shape index (κ2) is 11.8. The number of hydrogen-bond acceptors (Lipinski definition) is 4. The van der Waals surface area contributed by atoms with Gasteiger partial charge in [0, 0.05) is 56.1 Å². The second-order valence-electron chi connectivity index (χ2n) is 9.86. The van der Waals surface area contributed by atoms with Crippen LogP contribution in [0.15, 0.2) is 66.7 Å². The van der Waals surface area contributed by atoms with E-state index in [-0.39, 0.29) is 37.1 Å². The van der Waals surface area contributed by atoms with Gasteiger partial charge in [-0.05, 0) is 48.4 Å². The van der Waals surface area contributed by atoms with Gasteiger partial charge in [0.05, 0.1) is 16.6 Å². The van der Waals surface area contributed by atoms with Crippen LogP contribution >= 0.6 is 23.2 Å². The van der Waals surface area contributed by atoms with E-state index in [9.17, 15) is 18.8 Å². The first kappa shape index (κ1) is 28.0. The van der Waals surface area contributed by atoms with Crippen molar-refractivity contribution in [1.82, 2.24) is 9.80 Å². The zero-order chi connectivity index (χ0) is 27.6. The number of piperidine rings is 1. The van der Waals surface area contributed by atoms with Gasteiger partial charge in [0.15, 0.2) is 11.6 Å². The molecule has 3 aromatic carbocycles. The lowest BCUT2D eigenvalue weighted by Gasteiger charge is -2.43. The van der Waals surface area contributed by atoms with Crippen molar-refractivity contribution >= 4 is 40.7 Å². The maximum atomic E-state index is 14.8. The van der Waals surface area contributed by atoms with E-state index in [0.717, 1.165) is 0 Å². The van der Waals surface area contributed by atoms with Crippen molar-refractivity contribution < 1.29 is 18.8 Å². The number of benzene rings is 3. The molecule has 0 spiro atoms. The highest BCUT2D eigenvalue weighted by atomic mass is 35.5. The molecule has 1 aliphatic rings. The van der Waals surface area contributed by atoms with E-state index in [2.05, 4.69) is 0 Å². The van der Waals surface area contributed by atoms with Crippen LogP contribution in [0.4, 0.5) is 4.39 Å². The molecule has 1 fully saturated rings. The van der Waals surface area contributed by atoms with Crippen LogP contribution in [0, 0.1) is 24.6 Å². The molecule has 2 atom stereocenters. The maximum Gasteiger partial charge on any atom is 0.236 e. The summed E-state index contributed by atoms with van der Waals surface area (Å²) in [6.45, 7) is 2.09. The largest absolute Gasteiger partial charge is 0.348 e. The summed E-state index contributed by atoms with van der Waals surface area (Å²) in [7, 11) is 3.31. The van der Waals surface area contributed by atoms with Gasteiger partial charge >= 0.3 is 0 Å². The molecule has 1 saturated heterocycles. The van der Waals surface area contributed by atoms with Gasteiger partial charge in [0.25, 0.3) is 0 Å². The maximum absolute atomic E-state index is 14.8. The number of Topliss-reactive ketones (excluding diaryl/α,β-unsaturated/α-hetero) is 2. The Morgan fingerprint density at radius 3 is 1.82 bits per heavy atom. The van der Waals surface area contributed by atoms with Gasteiger partial charge in [-0.25, -0.2) is 4.39 Å². The van der Waals surface area contributed by atoms with Gasteiger partial charge in [-0.1, -0.05) is 59.6 Å². The van der Waals surface area contributed by atoms with Gasteiger partial charge in [-0.3, -0.25) is 19.3 Å². The van der Waals surface area contributed by atoms with Crippen molar-refractivity contribution in [2.75, 3.05) is 33.7 Å². The van der Waals surface area contributed by atoms with E-state index < -0.39 is 23.6 Å². The fraction of sp³-hybridized carbons (Fsp3) is 0.300. The number of amides is 1. The fourth-order valence-electron chi connectivity index (χ4n) is 5.23. The SMILES string of the molecule is Cc1c(F)cccc1C1C(C(=O)c2ccccc2Cl)CN(CC(=O)N(C)C)CC1C(=O)c1ccccc1Cl. The molecule has 1 aliphatic heterocycles. The average Bonchev–Trinajstić information content (AvgIpc) is 2.89.